The molecule has 3 heterocycles. The normalized spacial score (nSPS) is 11.0. The van der Waals surface area contributed by atoms with E-state index < -0.39 is 5.97 Å². The van der Waals surface area contributed by atoms with Gasteiger partial charge in [-0.3, -0.25) is 9.38 Å². The van der Waals surface area contributed by atoms with Gasteiger partial charge in [0, 0.05) is 23.7 Å². The standard InChI is InChI=1S/C19H15N5O2/c1-11-9-13(7-8-21-11)15-16(12-5-3-2-4-6-12)23-19(20)24-10-14(18(25)26)22-17(15)24/h2-10H,1H3,(H2,20,23)(H,25,26). The number of nitrogen functional groups attached to an aromatic ring is 1. The third-order valence-corrected chi connectivity index (χ3v) is 4.09. The smallest absolute Gasteiger partial charge is 0.356 e. The van der Waals surface area contributed by atoms with Gasteiger partial charge < -0.3 is 10.8 Å². The molecule has 0 saturated heterocycles. The quantitative estimate of drug-likeness (QED) is 0.591. The van der Waals surface area contributed by atoms with E-state index in [9.17, 15) is 9.90 Å². The van der Waals surface area contributed by atoms with Gasteiger partial charge in [0.2, 0.25) is 5.95 Å². The molecule has 0 amide bonds. The maximum absolute atomic E-state index is 11.4. The van der Waals surface area contributed by atoms with Crippen LogP contribution in [0.2, 0.25) is 0 Å². The maximum atomic E-state index is 11.4. The number of hydrogen-bond donors (Lipinski definition) is 2. The minimum Gasteiger partial charge on any atom is -0.476 e. The third kappa shape index (κ3) is 2.55. The van der Waals surface area contributed by atoms with E-state index >= 15 is 0 Å². The van der Waals surface area contributed by atoms with Crippen molar-refractivity contribution < 1.29 is 9.90 Å². The second-order valence-corrected chi connectivity index (χ2v) is 5.87. The summed E-state index contributed by atoms with van der Waals surface area (Å²) in [5, 5.41) is 9.32. The highest BCUT2D eigenvalue weighted by Crippen LogP contribution is 2.35. The number of carboxylic acids is 1. The van der Waals surface area contributed by atoms with Crippen molar-refractivity contribution in [3.63, 3.8) is 0 Å². The van der Waals surface area contributed by atoms with E-state index in [2.05, 4.69) is 15.0 Å². The Bertz CT molecular complexity index is 1140. The van der Waals surface area contributed by atoms with Crippen LogP contribution in [0, 0.1) is 6.92 Å². The molecule has 0 aliphatic heterocycles. The highest BCUT2D eigenvalue weighted by Gasteiger charge is 2.20. The zero-order chi connectivity index (χ0) is 18.3. The number of aryl methyl sites for hydroxylation is 1. The molecule has 0 atom stereocenters. The van der Waals surface area contributed by atoms with E-state index in [1.807, 2.05) is 49.4 Å². The van der Waals surface area contributed by atoms with E-state index in [0.717, 1.165) is 16.8 Å². The molecule has 1 aromatic carbocycles. The topological polar surface area (TPSA) is 106 Å². The van der Waals surface area contributed by atoms with Crippen molar-refractivity contribution in [1.29, 1.82) is 0 Å². The van der Waals surface area contributed by atoms with Gasteiger partial charge in [-0.05, 0) is 24.6 Å². The zero-order valence-corrected chi connectivity index (χ0v) is 13.9. The van der Waals surface area contributed by atoms with Crippen molar-refractivity contribution >= 4 is 17.6 Å². The van der Waals surface area contributed by atoms with Gasteiger partial charge in [-0.2, -0.15) is 0 Å². The van der Waals surface area contributed by atoms with Gasteiger partial charge in [0.15, 0.2) is 11.3 Å². The predicted octanol–water partition coefficient (Wildman–Crippen LogP) is 3.05. The van der Waals surface area contributed by atoms with Crippen LogP contribution in [-0.2, 0) is 0 Å². The summed E-state index contributed by atoms with van der Waals surface area (Å²) in [6.07, 6.45) is 3.08. The fourth-order valence-electron chi connectivity index (χ4n) is 2.94. The first kappa shape index (κ1) is 15.8. The molecule has 0 unspecified atom stereocenters. The first-order valence-corrected chi connectivity index (χ1v) is 7.95. The number of nitrogens with zero attached hydrogens (tertiary/aromatic N) is 4. The van der Waals surface area contributed by atoms with E-state index in [1.165, 1.54) is 10.6 Å². The van der Waals surface area contributed by atoms with Gasteiger partial charge in [0.05, 0.1) is 11.3 Å². The molecular formula is C19H15N5O2. The molecule has 0 radical (unpaired) electrons. The van der Waals surface area contributed by atoms with Crippen LogP contribution < -0.4 is 5.73 Å². The van der Waals surface area contributed by atoms with Gasteiger partial charge in [-0.25, -0.2) is 14.8 Å². The predicted molar refractivity (Wildman–Crippen MR) is 97.8 cm³/mol. The summed E-state index contributed by atoms with van der Waals surface area (Å²) in [7, 11) is 0. The molecule has 0 saturated carbocycles. The lowest BCUT2D eigenvalue weighted by Crippen LogP contribution is -2.04. The number of benzene rings is 1. The number of fused-ring (bicyclic) bond motifs is 1. The van der Waals surface area contributed by atoms with Crippen molar-refractivity contribution in [3.05, 3.63) is 66.2 Å². The fraction of sp³-hybridized carbons (Fsp3) is 0.0526. The lowest BCUT2D eigenvalue weighted by molar-refractivity contribution is 0.0691. The second-order valence-electron chi connectivity index (χ2n) is 5.87. The van der Waals surface area contributed by atoms with Crippen LogP contribution in [0.5, 0.6) is 0 Å². The Hall–Kier alpha value is -3.74. The van der Waals surface area contributed by atoms with Crippen LogP contribution >= 0.6 is 0 Å². The van der Waals surface area contributed by atoms with Crippen molar-refractivity contribution in [2.45, 2.75) is 6.92 Å². The largest absolute Gasteiger partial charge is 0.476 e. The summed E-state index contributed by atoms with van der Waals surface area (Å²) >= 11 is 0. The highest BCUT2D eigenvalue weighted by molar-refractivity contribution is 5.93. The molecule has 0 bridgehead atoms. The molecule has 4 rings (SSSR count). The maximum Gasteiger partial charge on any atom is 0.356 e. The molecule has 4 aromatic rings. The number of carboxylic acid groups (broad SMARTS) is 1. The van der Waals surface area contributed by atoms with Crippen molar-refractivity contribution in [2.24, 2.45) is 0 Å². The van der Waals surface area contributed by atoms with Crippen LogP contribution in [0.3, 0.4) is 0 Å². The summed E-state index contributed by atoms with van der Waals surface area (Å²) in [6, 6.07) is 13.4. The van der Waals surface area contributed by atoms with Gasteiger partial charge in [0.25, 0.3) is 0 Å². The summed E-state index contributed by atoms with van der Waals surface area (Å²) in [5.74, 6) is -0.945. The minimum absolute atomic E-state index is 0.0873. The van der Waals surface area contributed by atoms with Crippen molar-refractivity contribution in [2.75, 3.05) is 5.73 Å². The average molecular weight is 345 g/mol. The van der Waals surface area contributed by atoms with E-state index in [1.54, 1.807) is 6.20 Å². The summed E-state index contributed by atoms with van der Waals surface area (Å²) < 4.78 is 1.50. The van der Waals surface area contributed by atoms with E-state index in [0.29, 0.717) is 16.9 Å². The van der Waals surface area contributed by atoms with E-state index in [4.69, 9.17) is 5.73 Å². The van der Waals surface area contributed by atoms with Crippen molar-refractivity contribution in [1.82, 2.24) is 19.4 Å². The number of nitrogens with two attached hydrogens (primary N) is 1. The Morgan fingerprint density at radius 3 is 2.58 bits per heavy atom. The minimum atomic E-state index is -1.12. The lowest BCUT2D eigenvalue weighted by Gasteiger charge is -2.13. The first-order chi connectivity index (χ1) is 12.5. The number of rotatable bonds is 3. The lowest BCUT2D eigenvalue weighted by atomic mass is 10.0. The molecule has 0 aliphatic rings. The van der Waals surface area contributed by atoms with Crippen LogP contribution in [0.4, 0.5) is 5.95 Å². The number of anilines is 1. The van der Waals surface area contributed by atoms with Crippen molar-refractivity contribution in [3.8, 4) is 22.4 Å². The van der Waals surface area contributed by atoms with Gasteiger partial charge in [-0.15, -0.1) is 0 Å². The number of pyridine rings is 1. The molecular weight excluding hydrogens is 330 g/mol. The Morgan fingerprint density at radius 1 is 1.12 bits per heavy atom. The summed E-state index contributed by atoms with van der Waals surface area (Å²) in [4.78, 5) is 24.4. The molecule has 0 aliphatic carbocycles. The number of carbonyl (C=O) groups is 1. The zero-order valence-electron chi connectivity index (χ0n) is 13.9. The molecule has 0 fully saturated rings. The number of hydrogen-bond acceptors (Lipinski definition) is 5. The van der Waals surface area contributed by atoms with Crippen LogP contribution in [0.1, 0.15) is 16.2 Å². The first-order valence-electron chi connectivity index (χ1n) is 7.95. The second kappa shape index (κ2) is 5.96. The van der Waals surface area contributed by atoms with Gasteiger partial charge in [-0.1, -0.05) is 30.3 Å². The summed E-state index contributed by atoms with van der Waals surface area (Å²) in [5.41, 5.74) is 10.3. The molecule has 3 N–H and O–H groups in total. The van der Waals surface area contributed by atoms with Gasteiger partial charge >= 0.3 is 5.97 Å². The molecule has 26 heavy (non-hydrogen) atoms. The van der Waals surface area contributed by atoms with E-state index in [-0.39, 0.29) is 11.6 Å². The number of aromatic nitrogens is 4. The third-order valence-electron chi connectivity index (χ3n) is 4.09. The molecule has 3 aromatic heterocycles. The highest BCUT2D eigenvalue weighted by atomic mass is 16.4. The molecule has 0 spiro atoms. The Kier molecular flexibility index (Phi) is 3.62. The molecule has 7 nitrogen and oxygen atoms in total. The van der Waals surface area contributed by atoms with Crippen LogP contribution in [0.15, 0.2) is 54.9 Å². The SMILES string of the molecule is Cc1cc(-c2c(-c3ccccc3)nc(N)n3cc(C(=O)O)nc23)ccn1. The Morgan fingerprint density at radius 2 is 1.88 bits per heavy atom. The van der Waals surface area contributed by atoms with Crippen LogP contribution in [0.25, 0.3) is 28.0 Å². The number of imidazole rings is 1. The van der Waals surface area contributed by atoms with Crippen LogP contribution in [-0.4, -0.2) is 30.4 Å². The molecule has 128 valence electrons. The number of aromatic carboxylic acids is 1. The fourth-order valence-corrected chi connectivity index (χ4v) is 2.94. The Labute approximate surface area is 148 Å². The monoisotopic (exact) mass is 345 g/mol. The Balaban J connectivity index is 2.13. The molecule has 7 heteroatoms. The average Bonchev–Trinajstić information content (AvgIpc) is 3.08. The summed E-state index contributed by atoms with van der Waals surface area (Å²) in [6.45, 7) is 1.89. The van der Waals surface area contributed by atoms with Gasteiger partial charge in [0.1, 0.15) is 0 Å².